The molecule has 156 valence electrons. The fourth-order valence-corrected chi connectivity index (χ4v) is 5.65. The lowest BCUT2D eigenvalue weighted by Crippen LogP contribution is -2.19. The van der Waals surface area contributed by atoms with E-state index in [2.05, 4.69) is 15.5 Å². The van der Waals surface area contributed by atoms with E-state index in [0.29, 0.717) is 20.7 Å². The molecule has 3 aromatic rings. The second-order valence-corrected chi connectivity index (χ2v) is 9.49. The lowest BCUT2D eigenvalue weighted by atomic mass is 9.95. The molecule has 0 saturated heterocycles. The number of hydrogen-bond donors (Lipinski definition) is 2. The van der Waals surface area contributed by atoms with Gasteiger partial charge in [0.15, 0.2) is 5.16 Å². The quantitative estimate of drug-likeness (QED) is 0.540. The topological polar surface area (TPSA) is 103 Å². The maximum Gasteiger partial charge on any atom is 0.251 e. The Bertz CT molecular complexity index is 1120. The first-order chi connectivity index (χ1) is 14.4. The molecule has 0 spiro atoms. The minimum atomic E-state index is -0.492. The number of nitrogens with two attached hydrogens (primary N) is 1. The Morgan fingerprint density at radius 3 is 2.90 bits per heavy atom. The van der Waals surface area contributed by atoms with Crippen molar-refractivity contribution in [2.75, 3.05) is 11.1 Å². The first-order valence-corrected chi connectivity index (χ1v) is 11.7. The summed E-state index contributed by atoms with van der Waals surface area (Å²) in [5.41, 5.74) is 8.85. The summed E-state index contributed by atoms with van der Waals surface area (Å²) in [6.45, 7) is 1.93. The molecule has 4 rings (SSSR count). The number of rotatable bonds is 6. The molecule has 0 saturated carbocycles. The summed E-state index contributed by atoms with van der Waals surface area (Å²) in [5, 5.41) is 12.7. The minimum Gasteiger partial charge on any atom is -0.365 e. The number of thiophene rings is 1. The van der Waals surface area contributed by atoms with Crippen LogP contribution in [0.15, 0.2) is 29.7 Å². The molecule has 0 aliphatic heterocycles. The van der Waals surface area contributed by atoms with Crippen molar-refractivity contribution in [3.05, 3.63) is 51.1 Å². The monoisotopic (exact) mass is 461 g/mol. The van der Waals surface area contributed by atoms with Crippen LogP contribution in [-0.4, -0.2) is 32.3 Å². The van der Waals surface area contributed by atoms with Gasteiger partial charge in [-0.2, -0.15) is 0 Å². The van der Waals surface area contributed by atoms with Gasteiger partial charge in [-0.25, -0.2) is 0 Å². The molecular formula is C20H20ClN5O2S2. The van der Waals surface area contributed by atoms with Crippen LogP contribution in [0.5, 0.6) is 0 Å². The number of nitrogens with zero attached hydrogens (tertiary/aromatic N) is 3. The van der Waals surface area contributed by atoms with E-state index in [-0.39, 0.29) is 11.7 Å². The van der Waals surface area contributed by atoms with Gasteiger partial charge in [0.05, 0.1) is 17.0 Å². The second-order valence-electron chi connectivity index (χ2n) is 7.03. The first-order valence-electron chi connectivity index (χ1n) is 9.47. The number of amides is 2. The Morgan fingerprint density at radius 2 is 2.13 bits per heavy atom. The van der Waals surface area contributed by atoms with Crippen molar-refractivity contribution in [2.45, 2.75) is 37.8 Å². The number of carbonyl (C=O) groups excluding carboxylic acids is 2. The zero-order chi connectivity index (χ0) is 21.3. The minimum absolute atomic E-state index is 0.124. The van der Waals surface area contributed by atoms with E-state index >= 15 is 0 Å². The third-order valence-electron chi connectivity index (χ3n) is 4.95. The third kappa shape index (κ3) is 4.23. The fourth-order valence-electron chi connectivity index (χ4n) is 3.44. The molecule has 0 radical (unpaired) electrons. The average Bonchev–Trinajstić information content (AvgIpc) is 3.32. The van der Waals surface area contributed by atoms with E-state index in [0.717, 1.165) is 47.4 Å². The summed E-state index contributed by atoms with van der Waals surface area (Å²) in [4.78, 5) is 25.7. The number of halogens is 1. The predicted molar refractivity (Wildman–Crippen MR) is 120 cm³/mol. The maximum absolute atomic E-state index is 12.6. The highest BCUT2D eigenvalue weighted by molar-refractivity contribution is 7.99. The molecular weight excluding hydrogens is 442 g/mol. The number of anilines is 1. The molecule has 1 aliphatic rings. The van der Waals surface area contributed by atoms with Crippen LogP contribution in [-0.2, 0) is 17.6 Å². The highest BCUT2D eigenvalue weighted by Crippen LogP contribution is 2.38. The number of aromatic nitrogens is 3. The van der Waals surface area contributed by atoms with Crippen LogP contribution in [0.4, 0.5) is 5.00 Å². The van der Waals surface area contributed by atoms with Crippen molar-refractivity contribution in [2.24, 2.45) is 5.73 Å². The average molecular weight is 462 g/mol. The number of benzene rings is 1. The van der Waals surface area contributed by atoms with Gasteiger partial charge in [0.25, 0.3) is 5.91 Å². The zero-order valence-corrected chi connectivity index (χ0v) is 18.7. The first kappa shape index (κ1) is 20.9. The number of carbonyl (C=O) groups is 2. The van der Waals surface area contributed by atoms with Gasteiger partial charge in [0, 0.05) is 9.90 Å². The van der Waals surface area contributed by atoms with Gasteiger partial charge >= 0.3 is 0 Å². The fraction of sp³-hybridized carbons (Fsp3) is 0.300. The molecule has 0 unspecified atom stereocenters. The van der Waals surface area contributed by atoms with Gasteiger partial charge in [0.2, 0.25) is 5.91 Å². The molecule has 30 heavy (non-hydrogen) atoms. The summed E-state index contributed by atoms with van der Waals surface area (Å²) in [6, 6.07) is 5.67. The van der Waals surface area contributed by atoms with Crippen LogP contribution in [0.25, 0.3) is 5.69 Å². The standard InChI is InChI=1S/C20H20ClN5O2S2/c1-11-6-7-12(8-14(11)21)26-10-23-25-20(26)29-9-16(27)24-19-17(18(22)28)13-4-2-3-5-15(13)30-19/h6-8,10H,2-5,9H2,1H3,(H2,22,28)(H,24,27). The van der Waals surface area contributed by atoms with Gasteiger partial charge in [-0.05, 0) is 55.9 Å². The SMILES string of the molecule is Cc1ccc(-n2cnnc2SCC(=O)Nc2sc3c(c2C(N)=O)CCCC3)cc1Cl. The Labute approximate surface area is 187 Å². The molecule has 0 atom stereocenters. The van der Waals surface area contributed by atoms with Crippen LogP contribution in [0.2, 0.25) is 5.02 Å². The molecule has 7 nitrogen and oxygen atoms in total. The van der Waals surface area contributed by atoms with E-state index in [1.165, 1.54) is 23.1 Å². The number of thioether (sulfide) groups is 1. The molecule has 2 amide bonds. The zero-order valence-electron chi connectivity index (χ0n) is 16.3. The van der Waals surface area contributed by atoms with Crippen LogP contribution >= 0.6 is 34.7 Å². The molecule has 0 bridgehead atoms. The summed E-state index contributed by atoms with van der Waals surface area (Å²) in [7, 11) is 0. The number of hydrogen-bond acceptors (Lipinski definition) is 6. The number of primary amides is 1. The van der Waals surface area contributed by atoms with Gasteiger partial charge < -0.3 is 11.1 Å². The van der Waals surface area contributed by atoms with Crippen molar-refractivity contribution in [3.63, 3.8) is 0 Å². The van der Waals surface area contributed by atoms with E-state index in [9.17, 15) is 9.59 Å². The molecule has 10 heteroatoms. The van der Waals surface area contributed by atoms with Crippen molar-refractivity contribution >= 4 is 51.5 Å². The van der Waals surface area contributed by atoms with E-state index in [1.54, 1.807) is 10.9 Å². The Kier molecular flexibility index (Phi) is 6.12. The summed E-state index contributed by atoms with van der Waals surface area (Å²) in [5.74, 6) is -0.593. The highest BCUT2D eigenvalue weighted by Gasteiger charge is 2.25. The second kappa shape index (κ2) is 8.79. The summed E-state index contributed by atoms with van der Waals surface area (Å²) in [6.07, 6.45) is 5.46. The van der Waals surface area contributed by atoms with Crippen molar-refractivity contribution in [1.82, 2.24) is 14.8 Å². The number of nitrogens with one attached hydrogen (secondary N) is 1. The third-order valence-corrected chi connectivity index (χ3v) is 7.51. The van der Waals surface area contributed by atoms with Gasteiger partial charge in [0.1, 0.15) is 11.3 Å². The number of aryl methyl sites for hydroxylation is 2. The molecule has 3 N–H and O–H groups in total. The van der Waals surface area contributed by atoms with Crippen molar-refractivity contribution in [3.8, 4) is 5.69 Å². The molecule has 0 fully saturated rings. The lowest BCUT2D eigenvalue weighted by molar-refractivity contribution is -0.113. The summed E-state index contributed by atoms with van der Waals surface area (Å²) >= 11 is 8.94. The van der Waals surface area contributed by atoms with Gasteiger partial charge in [-0.3, -0.25) is 14.2 Å². The molecule has 1 aliphatic carbocycles. The Morgan fingerprint density at radius 1 is 1.33 bits per heavy atom. The van der Waals surface area contributed by atoms with Gasteiger partial charge in [-0.15, -0.1) is 21.5 Å². The lowest BCUT2D eigenvalue weighted by Gasteiger charge is -2.11. The van der Waals surface area contributed by atoms with Crippen molar-refractivity contribution < 1.29 is 9.59 Å². The van der Waals surface area contributed by atoms with E-state index < -0.39 is 5.91 Å². The molecule has 1 aromatic carbocycles. The van der Waals surface area contributed by atoms with E-state index in [1.807, 2.05) is 25.1 Å². The highest BCUT2D eigenvalue weighted by atomic mass is 35.5. The Hall–Kier alpha value is -2.36. The van der Waals surface area contributed by atoms with Crippen LogP contribution in [0, 0.1) is 6.92 Å². The maximum atomic E-state index is 12.6. The van der Waals surface area contributed by atoms with Crippen LogP contribution in [0.1, 0.15) is 39.2 Å². The largest absolute Gasteiger partial charge is 0.365 e. The molecule has 2 aromatic heterocycles. The van der Waals surface area contributed by atoms with Crippen molar-refractivity contribution in [1.29, 1.82) is 0 Å². The van der Waals surface area contributed by atoms with Gasteiger partial charge in [-0.1, -0.05) is 29.4 Å². The Balaban J connectivity index is 1.47. The summed E-state index contributed by atoms with van der Waals surface area (Å²) < 4.78 is 1.78. The predicted octanol–water partition coefficient (Wildman–Crippen LogP) is 4.00. The van der Waals surface area contributed by atoms with Crippen LogP contribution < -0.4 is 11.1 Å². The van der Waals surface area contributed by atoms with Crippen LogP contribution in [0.3, 0.4) is 0 Å². The smallest absolute Gasteiger partial charge is 0.251 e. The normalized spacial score (nSPS) is 13.1. The number of fused-ring (bicyclic) bond motifs is 1. The molecule has 2 heterocycles. The van der Waals surface area contributed by atoms with E-state index in [4.69, 9.17) is 17.3 Å².